The average molecular weight is 317 g/mol. The minimum Gasteiger partial charge on any atom is -0.351 e. The highest BCUT2D eigenvalue weighted by atomic mass is 32.1. The predicted molar refractivity (Wildman–Crippen MR) is 85.2 cm³/mol. The van der Waals surface area contributed by atoms with Gasteiger partial charge in [0, 0.05) is 36.8 Å². The number of fused-ring (bicyclic) bond motifs is 1. The lowest BCUT2D eigenvalue weighted by Gasteiger charge is -2.22. The standard InChI is InChI=1S/C16H19N3O2S/c1-12(20)19-10-13(9-18-6-2-4-14(18)11-19)16(21)17-8-15-5-3-7-22-15/h2-7,13H,8-11H2,1H3,(H,17,21). The van der Waals surface area contributed by atoms with Gasteiger partial charge in [0.05, 0.1) is 19.0 Å². The van der Waals surface area contributed by atoms with Crippen LogP contribution in [-0.4, -0.2) is 27.8 Å². The summed E-state index contributed by atoms with van der Waals surface area (Å²) in [4.78, 5) is 27.1. The van der Waals surface area contributed by atoms with Crippen molar-refractivity contribution in [3.05, 3.63) is 46.4 Å². The Morgan fingerprint density at radius 2 is 2.18 bits per heavy atom. The third-order valence-corrected chi connectivity index (χ3v) is 4.84. The fourth-order valence-corrected chi connectivity index (χ4v) is 3.37. The van der Waals surface area contributed by atoms with Gasteiger partial charge in [-0.2, -0.15) is 0 Å². The number of rotatable bonds is 3. The third-order valence-electron chi connectivity index (χ3n) is 3.97. The van der Waals surface area contributed by atoms with E-state index in [-0.39, 0.29) is 17.7 Å². The predicted octanol–water partition coefficient (Wildman–Crippen LogP) is 1.84. The van der Waals surface area contributed by atoms with Gasteiger partial charge in [-0.25, -0.2) is 0 Å². The number of nitrogens with one attached hydrogen (secondary N) is 1. The van der Waals surface area contributed by atoms with Crippen LogP contribution in [0.4, 0.5) is 0 Å². The third kappa shape index (κ3) is 3.22. The van der Waals surface area contributed by atoms with Crippen molar-refractivity contribution in [2.45, 2.75) is 26.6 Å². The van der Waals surface area contributed by atoms with E-state index < -0.39 is 0 Å². The molecule has 1 unspecified atom stereocenters. The van der Waals surface area contributed by atoms with Crippen LogP contribution in [-0.2, 0) is 29.2 Å². The van der Waals surface area contributed by atoms with E-state index in [1.54, 1.807) is 23.2 Å². The molecule has 5 nitrogen and oxygen atoms in total. The summed E-state index contributed by atoms with van der Waals surface area (Å²) in [6, 6.07) is 7.94. The van der Waals surface area contributed by atoms with Crippen molar-refractivity contribution in [2.75, 3.05) is 6.54 Å². The van der Waals surface area contributed by atoms with E-state index in [0.717, 1.165) is 10.6 Å². The number of carbonyl (C=O) groups excluding carboxylic acids is 2. The lowest BCUT2D eigenvalue weighted by molar-refractivity contribution is -0.132. The van der Waals surface area contributed by atoms with Crippen molar-refractivity contribution >= 4 is 23.2 Å². The Morgan fingerprint density at radius 1 is 1.32 bits per heavy atom. The first-order valence-electron chi connectivity index (χ1n) is 7.33. The molecule has 116 valence electrons. The molecule has 0 bridgehead atoms. The largest absolute Gasteiger partial charge is 0.351 e. The highest BCUT2D eigenvalue weighted by Crippen LogP contribution is 2.18. The van der Waals surface area contributed by atoms with E-state index in [2.05, 4.69) is 9.88 Å². The van der Waals surface area contributed by atoms with Crippen LogP contribution in [0.25, 0.3) is 0 Å². The quantitative estimate of drug-likeness (QED) is 0.939. The zero-order valence-corrected chi connectivity index (χ0v) is 13.3. The van der Waals surface area contributed by atoms with Crippen LogP contribution >= 0.6 is 11.3 Å². The maximum Gasteiger partial charge on any atom is 0.227 e. The molecule has 2 amide bonds. The van der Waals surface area contributed by atoms with Crippen molar-refractivity contribution in [1.29, 1.82) is 0 Å². The maximum atomic E-state index is 12.5. The molecule has 0 aliphatic carbocycles. The van der Waals surface area contributed by atoms with Crippen molar-refractivity contribution in [3.63, 3.8) is 0 Å². The molecule has 6 heteroatoms. The summed E-state index contributed by atoms with van der Waals surface area (Å²) in [7, 11) is 0. The molecule has 22 heavy (non-hydrogen) atoms. The van der Waals surface area contributed by atoms with Gasteiger partial charge >= 0.3 is 0 Å². The van der Waals surface area contributed by atoms with E-state index in [1.165, 1.54) is 0 Å². The Balaban J connectivity index is 1.71. The second-order valence-electron chi connectivity index (χ2n) is 5.55. The van der Waals surface area contributed by atoms with Gasteiger partial charge in [0.2, 0.25) is 11.8 Å². The van der Waals surface area contributed by atoms with Crippen molar-refractivity contribution < 1.29 is 9.59 Å². The Hall–Kier alpha value is -2.08. The molecule has 1 aliphatic rings. The van der Waals surface area contributed by atoms with Gasteiger partial charge in [0.1, 0.15) is 0 Å². The Labute approximate surface area is 133 Å². The fraction of sp³-hybridized carbons (Fsp3) is 0.375. The molecular formula is C16H19N3O2S. The molecule has 1 atom stereocenters. The average Bonchev–Trinajstić information content (AvgIpc) is 3.12. The van der Waals surface area contributed by atoms with Crippen LogP contribution in [0.5, 0.6) is 0 Å². The molecule has 0 aromatic carbocycles. The SMILES string of the molecule is CC(=O)N1Cc2cccn2CC(C(=O)NCc2cccs2)C1. The van der Waals surface area contributed by atoms with Crippen LogP contribution in [0, 0.1) is 5.92 Å². The molecule has 0 saturated carbocycles. The summed E-state index contributed by atoms with van der Waals surface area (Å²) in [5, 5.41) is 4.98. The van der Waals surface area contributed by atoms with Crippen LogP contribution in [0.1, 0.15) is 17.5 Å². The van der Waals surface area contributed by atoms with Crippen LogP contribution in [0.3, 0.4) is 0 Å². The van der Waals surface area contributed by atoms with Crippen molar-refractivity contribution in [3.8, 4) is 0 Å². The fourth-order valence-electron chi connectivity index (χ4n) is 2.73. The summed E-state index contributed by atoms with van der Waals surface area (Å²) in [5.74, 6) is -0.218. The molecule has 3 heterocycles. The minimum absolute atomic E-state index is 0.00111. The Kier molecular flexibility index (Phi) is 4.29. The molecule has 0 fully saturated rings. The summed E-state index contributed by atoms with van der Waals surface area (Å²) in [6.45, 7) is 3.75. The van der Waals surface area contributed by atoms with Crippen molar-refractivity contribution in [1.82, 2.24) is 14.8 Å². The first-order valence-corrected chi connectivity index (χ1v) is 8.21. The maximum absolute atomic E-state index is 12.5. The van der Waals surface area contributed by atoms with Gasteiger partial charge in [-0.1, -0.05) is 6.07 Å². The van der Waals surface area contributed by atoms with Gasteiger partial charge in [-0.05, 0) is 23.6 Å². The second kappa shape index (κ2) is 6.36. The Morgan fingerprint density at radius 3 is 2.91 bits per heavy atom. The molecule has 0 spiro atoms. The summed E-state index contributed by atoms with van der Waals surface area (Å²) < 4.78 is 2.07. The van der Waals surface area contributed by atoms with Gasteiger partial charge in [-0.3, -0.25) is 9.59 Å². The number of aromatic nitrogens is 1. The van der Waals surface area contributed by atoms with E-state index in [9.17, 15) is 9.59 Å². The summed E-state index contributed by atoms with van der Waals surface area (Å²) in [5.41, 5.74) is 1.07. The van der Waals surface area contributed by atoms with Crippen LogP contribution in [0.2, 0.25) is 0 Å². The number of carbonyl (C=O) groups is 2. The number of amides is 2. The van der Waals surface area contributed by atoms with E-state index in [1.807, 2.05) is 35.8 Å². The summed E-state index contributed by atoms with van der Waals surface area (Å²) in [6.07, 6.45) is 1.97. The number of hydrogen-bond donors (Lipinski definition) is 1. The van der Waals surface area contributed by atoms with E-state index >= 15 is 0 Å². The first kappa shape index (κ1) is 14.8. The monoisotopic (exact) mass is 317 g/mol. The first-order chi connectivity index (χ1) is 10.6. The number of nitrogens with zero attached hydrogens (tertiary/aromatic N) is 2. The minimum atomic E-state index is -0.225. The van der Waals surface area contributed by atoms with Crippen molar-refractivity contribution in [2.24, 2.45) is 5.92 Å². The van der Waals surface area contributed by atoms with E-state index in [4.69, 9.17) is 0 Å². The molecule has 1 aliphatic heterocycles. The molecule has 0 saturated heterocycles. The molecule has 2 aromatic heterocycles. The smallest absolute Gasteiger partial charge is 0.227 e. The Bertz CT molecular complexity index is 663. The summed E-state index contributed by atoms with van der Waals surface area (Å²) >= 11 is 1.63. The molecule has 1 N–H and O–H groups in total. The lowest BCUT2D eigenvalue weighted by atomic mass is 10.1. The molecular weight excluding hydrogens is 298 g/mol. The normalized spacial score (nSPS) is 17.7. The van der Waals surface area contributed by atoms with Crippen LogP contribution < -0.4 is 5.32 Å². The zero-order valence-electron chi connectivity index (χ0n) is 12.5. The van der Waals surface area contributed by atoms with E-state index in [0.29, 0.717) is 26.2 Å². The number of hydrogen-bond acceptors (Lipinski definition) is 3. The lowest BCUT2D eigenvalue weighted by Crippen LogP contribution is -2.40. The van der Waals surface area contributed by atoms with Gasteiger partial charge in [-0.15, -0.1) is 11.3 Å². The van der Waals surface area contributed by atoms with Gasteiger partial charge < -0.3 is 14.8 Å². The van der Waals surface area contributed by atoms with Gasteiger partial charge in [0.15, 0.2) is 0 Å². The topological polar surface area (TPSA) is 54.3 Å². The molecule has 0 radical (unpaired) electrons. The molecule has 3 rings (SSSR count). The highest BCUT2D eigenvalue weighted by molar-refractivity contribution is 7.09. The highest BCUT2D eigenvalue weighted by Gasteiger charge is 2.27. The zero-order chi connectivity index (χ0) is 15.5. The van der Waals surface area contributed by atoms with Crippen LogP contribution in [0.15, 0.2) is 35.8 Å². The number of thiophene rings is 1. The molecule has 2 aromatic rings. The van der Waals surface area contributed by atoms with Gasteiger partial charge in [0.25, 0.3) is 0 Å². The second-order valence-corrected chi connectivity index (χ2v) is 6.58.